The number of hydrogen-bond donors (Lipinski definition) is 0. The van der Waals surface area contributed by atoms with E-state index in [4.69, 9.17) is 28.4 Å². The monoisotopic (exact) mass is 780 g/mol. The number of ether oxygens (including phenoxy) is 6. The van der Waals surface area contributed by atoms with Crippen molar-refractivity contribution in [3.8, 4) is 56.0 Å². The fourth-order valence-electron chi connectivity index (χ4n) is 6.58. The number of benzene rings is 6. The van der Waals surface area contributed by atoms with Gasteiger partial charge in [-0.3, -0.25) is 0 Å². The number of carbonyl (C=O) groups excluding carboxylic acids is 2. The molecule has 6 rings (SSSR count). The third-order valence-electron chi connectivity index (χ3n) is 9.16. The predicted molar refractivity (Wildman–Crippen MR) is 230 cm³/mol. The second-order valence-electron chi connectivity index (χ2n) is 13.8. The molecule has 58 heavy (non-hydrogen) atoms. The highest BCUT2D eigenvalue weighted by atomic mass is 16.7. The zero-order valence-electron chi connectivity index (χ0n) is 34.6. The SMILES string of the molecule is CCOC(=O)c1cc(-c2cccc(C)c2)c(OCOC)c(-c2cccc(C)c2)c1.CCOC(=O)c1cc(-c2cccc(C)c2)c(OCOC)c(-c2cccc(C)c2)c1. The van der Waals surface area contributed by atoms with Gasteiger partial charge in [0.25, 0.3) is 0 Å². The Morgan fingerprint density at radius 2 is 0.707 bits per heavy atom. The molecule has 0 spiro atoms. The molecule has 6 aromatic carbocycles. The molecule has 0 unspecified atom stereocenters. The Morgan fingerprint density at radius 1 is 0.431 bits per heavy atom. The summed E-state index contributed by atoms with van der Waals surface area (Å²) in [5.41, 5.74) is 12.7. The van der Waals surface area contributed by atoms with Gasteiger partial charge in [-0.1, -0.05) is 119 Å². The van der Waals surface area contributed by atoms with Gasteiger partial charge in [-0.15, -0.1) is 0 Å². The third kappa shape index (κ3) is 11.0. The van der Waals surface area contributed by atoms with E-state index in [0.717, 1.165) is 66.8 Å². The van der Waals surface area contributed by atoms with Gasteiger partial charge in [-0.25, -0.2) is 9.59 Å². The van der Waals surface area contributed by atoms with Crippen LogP contribution in [0.4, 0.5) is 0 Å². The molecule has 0 bridgehead atoms. The van der Waals surface area contributed by atoms with Crippen molar-refractivity contribution in [2.75, 3.05) is 41.0 Å². The molecule has 0 aromatic heterocycles. The number of aryl methyl sites for hydroxylation is 4. The van der Waals surface area contributed by atoms with E-state index in [2.05, 4.69) is 24.3 Å². The van der Waals surface area contributed by atoms with Gasteiger partial charge in [0.2, 0.25) is 0 Å². The number of hydrogen-bond acceptors (Lipinski definition) is 8. The summed E-state index contributed by atoms with van der Waals surface area (Å²) in [5.74, 6) is 0.648. The van der Waals surface area contributed by atoms with Crippen molar-refractivity contribution in [2.24, 2.45) is 0 Å². The van der Waals surface area contributed by atoms with Crippen LogP contribution in [0.25, 0.3) is 44.5 Å². The van der Waals surface area contributed by atoms with Gasteiger partial charge in [-0.2, -0.15) is 0 Å². The van der Waals surface area contributed by atoms with Crippen molar-refractivity contribution in [3.63, 3.8) is 0 Å². The fourth-order valence-corrected chi connectivity index (χ4v) is 6.58. The quantitative estimate of drug-likeness (QED) is 0.0797. The molecule has 8 heteroatoms. The Hall–Kier alpha value is -6.22. The van der Waals surface area contributed by atoms with E-state index in [1.807, 2.05) is 125 Å². The van der Waals surface area contributed by atoms with Crippen LogP contribution in [0.2, 0.25) is 0 Å². The summed E-state index contributed by atoms with van der Waals surface area (Å²) >= 11 is 0. The lowest BCUT2D eigenvalue weighted by molar-refractivity contribution is 0.0507. The minimum absolute atomic E-state index is 0.108. The van der Waals surface area contributed by atoms with Crippen molar-refractivity contribution in [1.29, 1.82) is 0 Å². The Kier molecular flexibility index (Phi) is 15.4. The first-order valence-electron chi connectivity index (χ1n) is 19.3. The Morgan fingerprint density at radius 3 is 0.931 bits per heavy atom. The van der Waals surface area contributed by atoms with Gasteiger partial charge in [0, 0.05) is 36.5 Å². The lowest BCUT2D eigenvalue weighted by atomic mass is 9.93. The first-order chi connectivity index (χ1) is 28.1. The van der Waals surface area contributed by atoms with E-state index >= 15 is 0 Å². The summed E-state index contributed by atoms with van der Waals surface area (Å²) in [7, 11) is 3.18. The maximum Gasteiger partial charge on any atom is 0.338 e. The third-order valence-corrected chi connectivity index (χ3v) is 9.16. The number of methoxy groups -OCH3 is 2. The van der Waals surface area contributed by atoms with Crippen LogP contribution in [-0.2, 0) is 18.9 Å². The molecule has 0 heterocycles. The minimum atomic E-state index is -0.353. The summed E-state index contributed by atoms with van der Waals surface area (Å²) < 4.78 is 33.0. The number of esters is 2. The normalized spacial score (nSPS) is 10.6. The molecule has 0 aliphatic rings. The Bertz CT molecular complexity index is 2050. The van der Waals surface area contributed by atoms with E-state index < -0.39 is 0 Å². The molecule has 0 saturated heterocycles. The van der Waals surface area contributed by atoms with Gasteiger partial charge in [0.1, 0.15) is 11.5 Å². The van der Waals surface area contributed by atoms with Crippen LogP contribution in [0.1, 0.15) is 56.8 Å². The molecule has 8 nitrogen and oxygen atoms in total. The van der Waals surface area contributed by atoms with E-state index in [0.29, 0.717) is 35.8 Å². The zero-order valence-corrected chi connectivity index (χ0v) is 34.6. The number of carbonyl (C=O) groups is 2. The van der Waals surface area contributed by atoms with Gasteiger partial charge in [0.15, 0.2) is 13.6 Å². The summed E-state index contributed by atoms with van der Waals surface area (Å²) in [6.45, 7) is 12.6. The first-order valence-corrected chi connectivity index (χ1v) is 19.3. The minimum Gasteiger partial charge on any atom is -0.466 e. The topological polar surface area (TPSA) is 89.5 Å². The van der Waals surface area contributed by atoms with Crippen LogP contribution in [0, 0.1) is 27.7 Å². The molecule has 0 saturated carbocycles. The molecule has 0 aliphatic carbocycles. The molecule has 0 fully saturated rings. The summed E-state index contributed by atoms with van der Waals surface area (Å²) in [4.78, 5) is 25.2. The lowest BCUT2D eigenvalue weighted by Gasteiger charge is -2.18. The second-order valence-corrected chi connectivity index (χ2v) is 13.8. The molecule has 0 atom stereocenters. The van der Waals surface area contributed by atoms with Crippen LogP contribution in [0.5, 0.6) is 11.5 Å². The largest absolute Gasteiger partial charge is 0.466 e. The van der Waals surface area contributed by atoms with Crippen LogP contribution in [-0.4, -0.2) is 53.0 Å². The van der Waals surface area contributed by atoms with Gasteiger partial charge in [-0.05, 0) is 88.1 Å². The highest BCUT2D eigenvalue weighted by Crippen LogP contribution is 2.42. The maximum absolute atomic E-state index is 12.6. The van der Waals surface area contributed by atoms with Crippen LogP contribution in [0.15, 0.2) is 121 Å². The molecule has 0 radical (unpaired) electrons. The van der Waals surface area contributed by atoms with Crippen LogP contribution in [0.3, 0.4) is 0 Å². The second kappa shape index (κ2) is 20.8. The van der Waals surface area contributed by atoms with E-state index in [1.54, 1.807) is 28.1 Å². The molecular formula is C50H52O8. The zero-order chi connectivity index (χ0) is 41.6. The van der Waals surface area contributed by atoms with Gasteiger partial charge in [0.05, 0.1) is 24.3 Å². The highest BCUT2D eigenvalue weighted by Gasteiger charge is 2.21. The van der Waals surface area contributed by atoms with Crippen molar-refractivity contribution < 1.29 is 38.0 Å². The van der Waals surface area contributed by atoms with Crippen molar-refractivity contribution >= 4 is 11.9 Å². The highest BCUT2D eigenvalue weighted by molar-refractivity contribution is 5.97. The maximum atomic E-state index is 12.6. The van der Waals surface area contributed by atoms with Crippen molar-refractivity contribution in [3.05, 3.63) is 155 Å². The molecular weight excluding hydrogens is 729 g/mol. The van der Waals surface area contributed by atoms with E-state index in [9.17, 15) is 9.59 Å². The predicted octanol–water partition coefficient (Wildman–Crippen LogP) is 11.6. The molecule has 0 aliphatic heterocycles. The standard InChI is InChI=1S/2C25H26O4/c2*1-5-28-25(26)21-14-22(19-10-6-8-17(2)12-19)24(29-16-27-4)23(15-21)20-11-7-9-18(3)13-20/h2*6-15H,5,16H2,1-4H3. The fraction of sp³-hybridized carbons (Fsp3) is 0.240. The van der Waals surface area contributed by atoms with Crippen molar-refractivity contribution in [1.82, 2.24) is 0 Å². The van der Waals surface area contributed by atoms with Crippen LogP contribution >= 0.6 is 0 Å². The lowest BCUT2D eigenvalue weighted by Crippen LogP contribution is -2.08. The smallest absolute Gasteiger partial charge is 0.338 e. The first kappa shape index (κ1) is 42.9. The summed E-state index contributed by atoms with van der Waals surface area (Å²) in [6.07, 6.45) is 0. The van der Waals surface area contributed by atoms with E-state index in [1.165, 1.54) is 0 Å². The van der Waals surface area contributed by atoms with Crippen molar-refractivity contribution in [2.45, 2.75) is 41.5 Å². The molecule has 0 amide bonds. The van der Waals surface area contributed by atoms with Gasteiger partial charge >= 0.3 is 11.9 Å². The Balaban J connectivity index is 0.000000221. The summed E-state index contributed by atoms with van der Waals surface area (Å²) in [5, 5.41) is 0. The molecule has 300 valence electrons. The summed E-state index contributed by atoms with van der Waals surface area (Å²) in [6, 6.07) is 39.8. The average Bonchev–Trinajstić information content (AvgIpc) is 3.22. The van der Waals surface area contributed by atoms with Crippen LogP contribution < -0.4 is 9.47 Å². The average molecular weight is 781 g/mol. The molecule has 6 aromatic rings. The molecule has 0 N–H and O–H groups in total. The Labute approximate surface area is 342 Å². The number of rotatable bonds is 14. The van der Waals surface area contributed by atoms with E-state index in [-0.39, 0.29) is 25.5 Å². The van der Waals surface area contributed by atoms with Gasteiger partial charge < -0.3 is 28.4 Å².